The molecule has 3 aromatic rings. The lowest BCUT2D eigenvalue weighted by atomic mass is 9.98. The number of carbonyl (C=O) groups is 2. The van der Waals surface area contributed by atoms with Gasteiger partial charge in [0.25, 0.3) is 0 Å². The second-order valence-corrected chi connectivity index (χ2v) is 6.89. The van der Waals surface area contributed by atoms with Crippen LogP contribution >= 0.6 is 0 Å². The molecule has 30 heavy (non-hydrogen) atoms. The van der Waals surface area contributed by atoms with Crippen LogP contribution in [0, 0.1) is 11.8 Å². The Balaban J connectivity index is 1.27. The maximum atomic E-state index is 12.1. The summed E-state index contributed by atoms with van der Waals surface area (Å²) < 4.78 is 5.49. The Morgan fingerprint density at radius 1 is 1.03 bits per heavy atom. The lowest BCUT2D eigenvalue weighted by Gasteiger charge is -2.14. The fourth-order valence-corrected chi connectivity index (χ4v) is 3.59. The second kappa shape index (κ2) is 9.06. The lowest BCUT2D eigenvalue weighted by Crippen LogP contribution is -2.26. The van der Waals surface area contributed by atoms with Crippen LogP contribution in [-0.2, 0) is 4.74 Å². The van der Waals surface area contributed by atoms with Crippen molar-refractivity contribution >= 4 is 12.4 Å². The summed E-state index contributed by atoms with van der Waals surface area (Å²) in [4.78, 5) is 26.7. The van der Waals surface area contributed by atoms with Crippen LogP contribution in [-0.4, -0.2) is 30.5 Å². The van der Waals surface area contributed by atoms with Gasteiger partial charge < -0.3 is 10.1 Å². The highest BCUT2D eigenvalue weighted by Crippen LogP contribution is 2.44. The molecule has 1 amide bonds. The number of fused-ring (bicyclic) bond motifs is 3. The Morgan fingerprint density at radius 2 is 1.73 bits per heavy atom. The third-order valence-corrected chi connectivity index (χ3v) is 5.00. The third-order valence-electron chi connectivity index (χ3n) is 5.00. The van der Waals surface area contributed by atoms with E-state index in [4.69, 9.17) is 4.74 Å². The van der Waals surface area contributed by atoms with Gasteiger partial charge in [-0.05, 0) is 34.4 Å². The summed E-state index contributed by atoms with van der Waals surface area (Å²) in [7, 11) is 0. The zero-order valence-electron chi connectivity index (χ0n) is 16.3. The SMILES string of the molecule is O=Cc1ccc(C#CCCNC(=O)OCC2c3ccccc3-c3ccccc32)cn1. The Bertz CT molecular complexity index is 1080. The standard InChI is InChI=1S/C25H20N2O3/c28-16-19-13-12-18(15-27-19)7-5-6-14-26-25(29)30-17-24-22-10-3-1-8-20(22)21-9-2-4-11-23(21)24/h1-4,8-13,15-16,24H,6,14,17H2,(H,26,29). The van der Waals surface area contributed by atoms with Crippen LogP contribution < -0.4 is 5.32 Å². The van der Waals surface area contributed by atoms with Crippen LogP contribution in [0.25, 0.3) is 11.1 Å². The predicted molar refractivity (Wildman–Crippen MR) is 114 cm³/mol. The molecule has 0 bridgehead atoms. The normalized spacial score (nSPS) is 11.6. The van der Waals surface area contributed by atoms with Gasteiger partial charge in [-0.1, -0.05) is 60.4 Å². The number of carbonyl (C=O) groups excluding carboxylic acids is 2. The molecule has 148 valence electrons. The van der Waals surface area contributed by atoms with Gasteiger partial charge in [-0.2, -0.15) is 0 Å². The number of alkyl carbamates (subject to hydrolysis) is 1. The van der Waals surface area contributed by atoms with Crippen molar-refractivity contribution in [3.8, 4) is 23.0 Å². The van der Waals surface area contributed by atoms with E-state index in [-0.39, 0.29) is 5.92 Å². The largest absolute Gasteiger partial charge is 0.449 e. The van der Waals surface area contributed by atoms with Crippen LogP contribution in [0.3, 0.4) is 0 Å². The minimum atomic E-state index is -0.448. The summed E-state index contributed by atoms with van der Waals surface area (Å²) >= 11 is 0. The van der Waals surface area contributed by atoms with E-state index in [0.29, 0.717) is 31.6 Å². The van der Waals surface area contributed by atoms with Crippen LogP contribution in [0.15, 0.2) is 66.9 Å². The minimum absolute atomic E-state index is 0.0461. The maximum Gasteiger partial charge on any atom is 0.407 e. The van der Waals surface area contributed by atoms with Gasteiger partial charge in [-0.3, -0.25) is 9.78 Å². The number of benzene rings is 2. The molecule has 0 fully saturated rings. The van der Waals surface area contributed by atoms with E-state index in [9.17, 15) is 9.59 Å². The number of ether oxygens (including phenoxy) is 1. The van der Waals surface area contributed by atoms with Gasteiger partial charge in [-0.15, -0.1) is 0 Å². The first-order chi connectivity index (χ1) is 14.8. The van der Waals surface area contributed by atoms with E-state index >= 15 is 0 Å². The molecule has 0 radical (unpaired) electrons. The van der Waals surface area contributed by atoms with E-state index in [1.807, 2.05) is 24.3 Å². The van der Waals surface area contributed by atoms with E-state index < -0.39 is 6.09 Å². The number of hydrogen-bond donors (Lipinski definition) is 1. The Labute approximate surface area is 175 Å². The van der Waals surface area contributed by atoms with Gasteiger partial charge in [0.05, 0.1) is 0 Å². The van der Waals surface area contributed by atoms with Crippen LogP contribution in [0.5, 0.6) is 0 Å². The Hall–Kier alpha value is -3.91. The van der Waals surface area contributed by atoms with Crippen LogP contribution in [0.2, 0.25) is 0 Å². The fraction of sp³-hybridized carbons (Fsp3) is 0.160. The van der Waals surface area contributed by atoms with Crippen molar-refractivity contribution in [1.82, 2.24) is 10.3 Å². The molecular weight excluding hydrogens is 376 g/mol. The highest BCUT2D eigenvalue weighted by molar-refractivity contribution is 5.79. The molecule has 0 aliphatic heterocycles. The third kappa shape index (κ3) is 4.23. The first-order valence-corrected chi connectivity index (χ1v) is 9.75. The zero-order chi connectivity index (χ0) is 20.8. The fourth-order valence-electron chi connectivity index (χ4n) is 3.59. The minimum Gasteiger partial charge on any atom is -0.449 e. The summed E-state index contributed by atoms with van der Waals surface area (Å²) in [5.74, 6) is 5.96. The first kappa shape index (κ1) is 19.4. The van der Waals surface area contributed by atoms with Gasteiger partial charge in [0.1, 0.15) is 12.3 Å². The Kier molecular flexibility index (Phi) is 5.86. The van der Waals surface area contributed by atoms with Gasteiger partial charge in [-0.25, -0.2) is 4.79 Å². The molecule has 1 aliphatic carbocycles. The lowest BCUT2D eigenvalue weighted by molar-refractivity contribution is 0.111. The summed E-state index contributed by atoms with van der Waals surface area (Å²) in [5, 5.41) is 2.73. The molecule has 0 spiro atoms. The zero-order valence-corrected chi connectivity index (χ0v) is 16.3. The molecule has 2 aromatic carbocycles. The van der Waals surface area contributed by atoms with E-state index in [0.717, 1.165) is 5.56 Å². The molecule has 0 saturated carbocycles. The van der Waals surface area contributed by atoms with Gasteiger partial charge >= 0.3 is 6.09 Å². The predicted octanol–water partition coefficient (Wildman–Crippen LogP) is 4.17. The Morgan fingerprint density at radius 3 is 2.37 bits per heavy atom. The molecule has 4 rings (SSSR count). The second-order valence-electron chi connectivity index (χ2n) is 6.89. The quantitative estimate of drug-likeness (QED) is 0.399. The number of nitrogens with one attached hydrogen (secondary N) is 1. The van der Waals surface area contributed by atoms with E-state index in [2.05, 4.69) is 46.4 Å². The molecule has 5 heteroatoms. The number of nitrogens with zero attached hydrogens (tertiary/aromatic N) is 1. The van der Waals surface area contributed by atoms with Gasteiger partial charge in [0.15, 0.2) is 6.29 Å². The van der Waals surface area contributed by atoms with Crippen molar-refractivity contribution in [3.63, 3.8) is 0 Å². The number of pyridine rings is 1. The number of hydrogen-bond acceptors (Lipinski definition) is 4. The average Bonchev–Trinajstić information content (AvgIpc) is 3.12. The number of amides is 1. The van der Waals surface area contributed by atoms with Crippen LogP contribution in [0.1, 0.15) is 39.5 Å². The summed E-state index contributed by atoms with van der Waals surface area (Å²) in [6, 6.07) is 19.8. The number of aldehydes is 1. The summed E-state index contributed by atoms with van der Waals surface area (Å²) in [5.41, 5.74) is 5.87. The van der Waals surface area contributed by atoms with Crippen molar-refractivity contribution in [2.75, 3.05) is 13.2 Å². The molecule has 0 atom stereocenters. The maximum absolute atomic E-state index is 12.1. The highest BCUT2D eigenvalue weighted by Gasteiger charge is 2.28. The van der Waals surface area contributed by atoms with Crippen molar-refractivity contribution in [3.05, 3.63) is 89.2 Å². The van der Waals surface area contributed by atoms with Crippen LogP contribution in [0.4, 0.5) is 4.79 Å². The monoisotopic (exact) mass is 396 g/mol. The first-order valence-electron chi connectivity index (χ1n) is 9.75. The molecule has 1 heterocycles. The van der Waals surface area contributed by atoms with Crippen molar-refractivity contribution in [1.29, 1.82) is 0 Å². The molecule has 5 nitrogen and oxygen atoms in total. The molecule has 1 aromatic heterocycles. The molecule has 1 aliphatic rings. The van der Waals surface area contributed by atoms with E-state index in [1.54, 1.807) is 18.3 Å². The molecule has 1 N–H and O–H groups in total. The summed E-state index contributed by atoms with van der Waals surface area (Å²) in [6.07, 6.45) is 2.28. The molecular formula is C25H20N2O3. The van der Waals surface area contributed by atoms with Gasteiger partial charge in [0.2, 0.25) is 0 Å². The number of rotatable bonds is 5. The smallest absolute Gasteiger partial charge is 0.407 e. The molecule has 0 unspecified atom stereocenters. The molecule has 0 saturated heterocycles. The van der Waals surface area contributed by atoms with Gasteiger partial charge in [0, 0.05) is 30.6 Å². The number of aromatic nitrogens is 1. The van der Waals surface area contributed by atoms with Crippen molar-refractivity contribution in [2.24, 2.45) is 0 Å². The summed E-state index contributed by atoms with van der Waals surface area (Å²) in [6.45, 7) is 0.684. The van der Waals surface area contributed by atoms with Crippen molar-refractivity contribution < 1.29 is 14.3 Å². The highest BCUT2D eigenvalue weighted by atomic mass is 16.5. The van der Waals surface area contributed by atoms with Crippen molar-refractivity contribution in [2.45, 2.75) is 12.3 Å². The average molecular weight is 396 g/mol. The van der Waals surface area contributed by atoms with E-state index in [1.165, 1.54) is 22.3 Å². The topological polar surface area (TPSA) is 68.3 Å².